The van der Waals surface area contributed by atoms with E-state index in [4.69, 9.17) is 9.47 Å². The summed E-state index contributed by atoms with van der Waals surface area (Å²) in [5, 5.41) is 11.2. The number of carbonyl (C=O) groups is 1. The van der Waals surface area contributed by atoms with E-state index in [0.717, 1.165) is 29.8 Å². The van der Waals surface area contributed by atoms with Crippen LogP contribution in [0.2, 0.25) is 0 Å². The van der Waals surface area contributed by atoms with Crippen molar-refractivity contribution in [1.29, 1.82) is 0 Å². The third-order valence-electron chi connectivity index (χ3n) is 7.10. The number of aryl methyl sites for hydroxylation is 1. The van der Waals surface area contributed by atoms with E-state index in [1.54, 1.807) is 32.4 Å². The van der Waals surface area contributed by atoms with Crippen LogP contribution in [0.25, 0.3) is 11.3 Å². The van der Waals surface area contributed by atoms with E-state index in [9.17, 15) is 13.6 Å². The fraction of sp³-hybridized carbons (Fsp3) is 0.407. The number of hydrogen-bond donors (Lipinski definition) is 2. The molecule has 2 N–H and O–H groups in total. The first-order valence-electron chi connectivity index (χ1n) is 12.4. The van der Waals surface area contributed by atoms with Crippen molar-refractivity contribution in [3.63, 3.8) is 0 Å². The lowest BCUT2D eigenvalue weighted by atomic mass is 9.97. The van der Waals surface area contributed by atoms with Gasteiger partial charge in [-0.15, -0.1) is 0 Å². The van der Waals surface area contributed by atoms with Gasteiger partial charge in [0.05, 0.1) is 26.0 Å². The summed E-state index contributed by atoms with van der Waals surface area (Å²) in [4.78, 5) is 14.7. The van der Waals surface area contributed by atoms with Crippen molar-refractivity contribution in [3.8, 4) is 22.8 Å². The fourth-order valence-corrected chi connectivity index (χ4v) is 5.10. The lowest BCUT2D eigenvalue weighted by molar-refractivity contribution is 0.0659. The Morgan fingerprint density at radius 3 is 2.49 bits per heavy atom. The van der Waals surface area contributed by atoms with Gasteiger partial charge >= 0.3 is 0 Å². The molecular weight excluding hydrogens is 480 g/mol. The molecule has 0 spiro atoms. The highest BCUT2D eigenvalue weighted by Gasteiger charge is 2.35. The summed E-state index contributed by atoms with van der Waals surface area (Å²) in [5.41, 5.74) is 3.69. The maximum absolute atomic E-state index is 14.2. The molecule has 196 valence electrons. The minimum absolute atomic E-state index is 0.00234. The number of methoxy groups -OCH3 is 2. The van der Waals surface area contributed by atoms with Crippen LogP contribution in [0.5, 0.6) is 11.5 Å². The number of aromatic nitrogens is 2. The standard InChI is InChI=1S/C27H31F2N5O3/c1-16-12-18(27(35)33-10-8-30-9-11-33)4-6-19(16)21-15-25-31-20(14-22(26(28)29)34(25)32-21)17-5-7-23(36-2)24(13-17)37-3/h4-7,12-13,15,20,22,26,30-31H,8-11,14H2,1-3H3. The molecule has 2 atom stereocenters. The lowest BCUT2D eigenvalue weighted by Crippen LogP contribution is -2.46. The summed E-state index contributed by atoms with van der Waals surface area (Å²) >= 11 is 0. The molecule has 8 nitrogen and oxygen atoms in total. The maximum Gasteiger partial charge on any atom is 0.260 e. The Bertz CT molecular complexity index is 1290. The molecule has 0 bridgehead atoms. The van der Waals surface area contributed by atoms with E-state index < -0.39 is 12.5 Å². The Morgan fingerprint density at radius 1 is 1.05 bits per heavy atom. The van der Waals surface area contributed by atoms with Gasteiger partial charge in [0.1, 0.15) is 11.9 Å². The van der Waals surface area contributed by atoms with Crippen LogP contribution in [-0.4, -0.2) is 67.4 Å². The Labute approximate surface area is 214 Å². The van der Waals surface area contributed by atoms with Crippen LogP contribution in [0.15, 0.2) is 42.5 Å². The summed E-state index contributed by atoms with van der Waals surface area (Å²) in [6, 6.07) is 11.3. The van der Waals surface area contributed by atoms with Crippen LogP contribution in [0.1, 0.15) is 40.0 Å². The number of piperazine rings is 1. The number of ether oxygens (including phenoxy) is 2. The third-order valence-corrected chi connectivity index (χ3v) is 7.10. The van der Waals surface area contributed by atoms with Crippen molar-refractivity contribution in [2.75, 3.05) is 45.7 Å². The number of alkyl halides is 2. The van der Waals surface area contributed by atoms with E-state index in [1.165, 1.54) is 4.68 Å². The fourth-order valence-electron chi connectivity index (χ4n) is 5.10. The zero-order chi connectivity index (χ0) is 26.1. The molecule has 1 fully saturated rings. The van der Waals surface area contributed by atoms with Gasteiger partial charge in [0.15, 0.2) is 11.5 Å². The number of fused-ring (bicyclic) bond motifs is 1. The number of rotatable bonds is 6. The number of hydrogen-bond acceptors (Lipinski definition) is 6. The number of nitrogens with zero attached hydrogens (tertiary/aromatic N) is 3. The van der Waals surface area contributed by atoms with Crippen LogP contribution in [0, 0.1) is 6.92 Å². The van der Waals surface area contributed by atoms with Gasteiger partial charge in [0.2, 0.25) is 0 Å². The molecule has 37 heavy (non-hydrogen) atoms. The number of anilines is 1. The predicted octanol–water partition coefficient (Wildman–Crippen LogP) is 4.28. The van der Waals surface area contributed by atoms with Crippen molar-refractivity contribution in [3.05, 3.63) is 59.2 Å². The van der Waals surface area contributed by atoms with Crippen molar-refractivity contribution in [2.24, 2.45) is 0 Å². The van der Waals surface area contributed by atoms with Crippen molar-refractivity contribution in [1.82, 2.24) is 20.0 Å². The summed E-state index contributed by atoms with van der Waals surface area (Å²) in [6.45, 7) is 4.83. The molecule has 3 heterocycles. The Morgan fingerprint density at radius 2 is 1.81 bits per heavy atom. The first-order valence-corrected chi connectivity index (χ1v) is 12.4. The molecular formula is C27H31F2N5O3. The number of halogens is 2. The number of amides is 1. The third kappa shape index (κ3) is 4.85. The second kappa shape index (κ2) is 10.4. The Kier molecular flexibility index (Phi) is 7.01. The Balaban J connectivity index is 1.43. The molecule has 2 unspecified atom stereocenters. The largest absolute Gasteiger partial charge is 0.493 e. The SMILES string of the molecule is COc1ccc(C2CC(C(F)F)n3nc(-c4ccc(C(=O)N5CCNCC5)cc4C)cc3N2)cc1OC. The van der Waals surface area contributed by atoms with E-state index >= 15 is 0 Å². The molecule has 1 aromatic heterocycles. The Hall–Kier alpha value is -3.66. The molecule has 2 aliphatic heterocycles. The van der Waals surface area contributed by atoms with Crippen LogP contribution >= 0.6 is 0 Å². The quantitative estimate of drug-likeness (QED) is 0.514. The van der Waals surface area contributed by atoms with E-state index in [1.807, 2.05) is 36.1 Å². The summed E-state index contributed by atoms with van der Waals surface area (Å²) in [6.07, 6.45) is -2.42. The zero-order valence-electron chi connectivity index (χ0n) is 21.1. The highest BCUT2D eigenvalue weighted by atomic mass is 19.3. The molecule has 0 aliphatic carbocycles. The second-order valence-corrected chi connectivity index (χ2v) is 9.38. The molecule has 1 amide bonds. The van der Waals surface area contributed by atoms with Crippen LogP contribution in [0.3, 0.4) is 0 Å². The van der Waals surface area contributed by atoms with E-state index in [0.29, 0.717) is 41.7 Å². The van der Waals surface area contributed by atoms with Gasteiger partial charge < -0.3 is 25.0 Å². The first kappa shape index (κ1) is 25.0. The normalized spacial score (nSPS) is 19.4. The molecule has 2 aliphatic rings. The van der Waals surface area contributed by atoms with E-state index in [-0.39, 0.29) is 18.4 Å². The molecule has 5 rings (SSSR count). The smallest absolute Gasteiger partial charge is 0.260 e. The highest BCUT2D eigenvalue weighted by Crippen LogP contribution is 2.41. The van der Waals surface area contributed by atoms with Gasteiger partial charge in [-0.3, -0.25) is 4.79 Å². The average molecular weight is 512 g/mol. The minimum Gasteiger partial charge on any atom is -0.493 e. The molecule has 3 aromatic rings. The minimum atomic E-state index is -2.59. The van der Waals surface area contributed by atoms with Gasteiger partial charge in [0.25, 0.3) is 12.3 Å². The molecule has 1 saturated heterocycles. The number of benzene rings is 2. The van der Waals surface area contributed by atoms with E-state index in [2.05, 4.69) is 15.7 Å². The number of nitrogens with one attached hydrogen (secondary N) is 2. The summed E-state index contributed by atoms with van der Waals surface area (Å²) in [5.74, 6) is 1.64. The summed E-state index contributed by atoms with van der Waals surface area (Å²) < 4.78 is 40.5. The summed E-state index contributed by atoms with van der Waals surface area (Å²) in [7, 11) is 3.10. The van der Waals surface area contributed by atoms with Crippen molar-refractivity contribution < 1.29 is 23.0 Å². The monoisotopic (exact) mass is 511 g/mol. The molecule has 10 heteroatoms. The van der Waals surface area contributed by atoms with Crippen LogP contribution < -0.4 is 20.1 Å². The van der Waals surface area contributed by atoms with Gasteiger partial charge in [-0.2, -0.15) is 5.10 Å². The van der Waals surface area contributed by atoms with Crippen molar-refractivity contribution >= 4 is 11.7 Å². The molecule has 0 saturated carbocycles. The molecule has 0 radical (unpaired) electrons. The number of carbonyl (C=O) groups excluding carboxylic acids is 1. The first-order chi connectivity index (χ1) is 17.9. The lowest BCUT2D eigenvalue weighted by Gasteiger charge is -2.32. The zero-order valence-corrected chi connectivity index (χ0v) is 21.1. The predicted molar refractivity (Wildman–Crippen MR) is 137 cm³/mol. The topological polar surface area (TPSA) is 80.7 Å². The van der Waals surface area contributed by atoms with Crippen LogP contribution in [0.4, 0.5) is 14.6 Å². The van der Waals surface area contributed by atoms with Gasteiger partial charge in [0, 0.05) is 43.4 Å². The van der Waals surface area contributed by atoms with Gasteiger partial charge in [-0.05, 0) is 48.7 Å². The average Bonchev–Trinajstić information content (AvgIpc) is 3.35. The highest BCUT2D eigenvalue weighted by molar-refractivity contribution is 5.95. The van der Waals surface area contributed by atoms with Crippen LogP contribution in [-0.2, 0) is 0 Å². The maximum atomic E-state index is 14.2. The van der Waals surface area contributed by atoms with Gasteiger partial charge in [-0.25, -0.2) is 13.5 Å². The van der Waals surface area contributed by atoms with Crippen molar-refractivity contribution in [2.45, 2.75) is 31.9 Å². The van der Waals surface area contributed by atoms with Gasteiger partial charge in [-0.1, -0.05) is 12.1 Å². The second-order valence-electron chi connectivity index (χ2n) is 9.38. The molecule has 2 aromatic carbocycles.